The van der Waals surface area contributed by atoms with Crippen molar-refractivity contribution in [2.24, 2.45) is 11.8 Å². The fourth-order valence-corrected chi connectivity index (χ4v) is 2.98. The van der Waals surface area contributed by atoms with Crippen LogP contribution in [-0.4, -0.2) is 17.9 Å². The average molecular weight is 226 g/mol. The molecule has 2 fully saturated rings. The maximum absolute atomic E-state index is 11.6. The second-order valence-electron chi connectivity index (χ2n) is 6.08. The molecule has 3 nitrogen and oxygen atoms in total. The molecule has 16 heavy (non-hydrogen) atoms. The van der Waals surface area contributed by atoms with Gasteiger partial charge in [-0.2, -0.15) is 0 Å². The third-order valence-electron chi connectivity index (χ3n) is 3.61. The topological polar surface area (TPSA) is 35.5 Å². The van der Waals surface area contributed by atoms with Crippen molar-refractivity contribution < 1.29 is 14.3 Å². The predicted molar refractivity (Wildman–Crippen MR) is 61.2 cm³/mol. The lowest BCUT2D eigenvalue weighted by Crippen LogP contribution is -2.34. The van der Waals surface area contributed by atoms with Gasteiger partial charge in [-0.1, -0.05) is 6.42 Å². The molecule has 2 atom stereocenters. The standard InChI is InChI=1S/C13H22O3/c1-13(2,3)16-12(14)15-11-9-5-4-6-10(11)8-7-9/h9-11H,4-8H2,1-3H3. The van der Waals surface area contributed by atoms with Crippen LogP contribution in [0, 0.1) is 11.8 Å². The smallest absolute Gasteiger partial charge is 0.430 e. The summed E-state index contributed by atoms with van der Waals surface area (Å²) in [4.78, 5) is 11.6. The first-order valence-corrected chi connectivity index (χ1v) is 6.35. The van der Waals surface area contributed by atoms with Crippen LogP contribution in [0.3, 0.4) is 0 Å². The Balaban J connectivity index is 1.88. The summed E-state index contributed by atoms with van der Waals surface area (Å²) in [7, 11) is 0. The van der Waals surface area contributed by atoms with Gasteiger partial charge in [0.2, 0.25) is 0 Å². The van der Waals surface area contributed by atoms with Crippen molar-refractivity contribution in [2.45, 2.75) is 64.6 Å². The molecule has 3 heteroatoms. The van der Waals surface area contributed by atoms with Crippen LogP contribution in [0.1, 0.15) is 52.9 Å². The minimum atomic E-state index is -0.490. The van der Waals surface area contributed by atoms with E-state index in [4.69, 9.17) is 9.47 Å². The van der Waals surface area contributed by atoms with Gasteiger partial charge < -0.3 is 9.47 Å². The fourth-order valence-electron chi connectivity index (χ4n) is 2.98. The van der Waals surface area contributed by atoms with Crippen LogP contribution in [0.2, 0.25) is 0 Å². The number of ether oxygens (including phenoxy) is 2. The number of hydrogen-bond donors (Lipinski definition) is 0. The first kappa shape index (κ1) is 11.7. The molecular weight excluding hydrogens is 204 g/mol. The van der Waals surface area contributed by atoms with Gasteiger partial charge in [-0.25, -0.2) is 4.79 Å². The lowest BCUT2D eigenvalue weighted by molar-refractivity contribution is -0.0517. The Hall–Kier alpha value is -0.730. The van der Waals surface area contributed by atoms with Crippen molar-refractivity contribution in [3.05, 3.63) is 0 Å². The number of fused-ring (bicyclic) bond motifs is 2. The lowest BCUT2D eigenvalue weighted by atomic mass is 9.86. The van der Waals surface area contributed by atoms with Crippen molar-refractivity contribution in [2.75, 3.05) is 0 Å². The fraction of sp³-hybridized carbons (Fsp3) is 0.923. The highest BCUT2D eigenvalue weighted by Gasteiger charge is 2.42. The van der Waals surface area contributed by atoms with E-state index >= 15 is 0 Å². The maximum Gasteiger partial charge on any atom is 0.509 e. The molecule has 0 aliphatic heterocycles. The van der Waals surface area contributed by atoms with Gasteiger partial charge in [-0.15, -0.1) is 0 Å². The molecule has 0 spiro atoms. The molecule has 2 aliphatic rings. The molecule has 2 aliphatic carbocycles. The molecule has 0 saturated heterocycles. The Kier molecular flexibility index (Phi) is 3.13. The monoisotopic (exact) mass is 226 g/mol. The van der Waals surface area contributed by atoms with Crippen LogP contribution in [0.15, 0.2) is 0 Å². The van der Waals surface area contributed by atoms with E-state index in [0.717, 1.165) is 0 Å². The van der Waals surface area contributed by atoms with E-state index in [1.54, 1.807) is 0 Å². The van der Waals surface area contributed by atoms with Crippen LogP contribution in [0.25, 0.3) is 0 Å². The summed E-state index contributed by atoms with van der Waals surface area (Å²) >= 11 is 0. The van der Waals surface area contributed by atoms with Crippen LogP contribution in [0.4, 0.5) is 4.79 Å². The summed E-state index contributed by atoms with van der Waals surface area (Å²) in [6, 6.07) is 0. The molecule has 0 heterocycles. The molecule has 0 aromatic heterocycles. The molecule has 2 bridgehead atoms. The summed E-state index contributed by atoms with van der Waals surface area (Å²) in [5, 5.41) is 0. The summed E-state index contributed by atoms with van der Waals surface area (Å²) in [6.45, 7) is 5.59. The van der Waals surface area contributed by atoms with E-state index < -0.39 is 11.8 Å². The highest BCUT2D eigenvalue weighted by Crippen LogP contribution is 2.44. The number of rotatable bonds is 1. The largest absolute Gasteiger partial charge is 0.509 e. The predicted octanol–water partition coefficient (Wildman–Crippen LogP) is 3.52. The van der Waals surface area contributed by atoms with Gasteiger partial charge in [0.05, 0.1) is 0 Å². The van der Waals surface area contributed by atoms with Crippen LogP contribution in [0.5, 0.6) is 0 Å². The second-order valence-corrected chi connectivity index (χ2v) is 6.08. The van der Waals surface area contributed by atoms with Gasteiger partial charge in [-0.05, 0) is 58.3 Å². The molecule has 0 aromatic rings. The second kappa shape index (κ2) is 4.27. The summed E-state index contributed by atoms with van der Waals surface area (Å²) < 4.78 is 10.7. The number of hydrogen-bond acceptors (Lipinski definition) is 3. The molecular formula is C13H22O3. The molecule has 0 radical (unpaired) electrons. The van der Waals surface area contributed by atoms with E-state index in [9.17, 15) is 4.79 Å². The molecule has 0 aromatic carbocycles. The van der Waals surface area contributed by atoms with E-state index in [1.807, 2.05) is 20.8 Å². The van der Waals surface area contributed by atoms with Crippen molar-refractivity contribution >= 4 is 6.16 Å². The third kappa shape index (κ3) is 2.69. The maximum atomic E-state index is 11.6. The molecule has 2 unspecified atom stereocenters. The van der Waals surface area contributed by atoms with Crippen LogP contribution >= 0.6 is 0 Å². The van der Waals surface area contributed by atoms with E-state index in [1.165, 1.54) is 32.1 Å². The summed E-state index contributed by atoms with van der Waals surface area (Å²) in [5.74, 6) is 1.18. The highest BCUT2D eigenvalue weighted by molar-refractivity contribution is 5.60. The number of carbonyl (C=O) groups excluding carboxylic acids is 1. The van der Waals surface area contributed by atoms with Gasteiger partial charge in [0.1, 0.15) is 11.7 Å². The van der Waals surface area contributed by atoms with Gasteiger partial charge in [-0.3, -0.25) is 0 Å². The van der Waals surface area contributed by atoms with Gasteiger partial charge >= 0.3 is 6.16 Å². The van der Waals surface area contributed by atoms with E-state index in [-0.39, 0.29) is 6.10 Å². The minimum absolute atomic E-state index is 0.128. The lowest BCUT2D eigenvalue weighted by Gasteiger charge is -2.30. The van der Waals surface area contributed by atoms with Crippen LogP contribution < -0.4 is 0 Å². The van der Waals surface area contributed by atoms with Crippen molar-refractivity contribution in [3.8, 4) is 0 Å². The first-order chi connectivity index (χ1) is 7.46. The Labute approximate surface area is 97.5 Å². The van der Waals surface area contributed by atoms with Crippen LogP contribution in [-0.2, 0) is 9.47 Å². The van der Waals surface area contributed by atoms with Gasteiger partial charge in [0, 0.05) is 0 Å². The molecule has 2 saturated carbocycles. The SMILES string of the molecule is CC(C)(C)OC(=O)OC1C2CCCC1CC2. The van der Waals surface area contributed by atoms with Gasteiger partial charge in [0.25, 0.3) is 0 Å². The molecule has 0 N–H and O–H groups in total. The Bertz CT molecular complexity index is 251. The number of carbonyl (C=O) groups is 1. The zero-order valence-electron chi connectivity index (χ0n) is 10.5. The average Bonchev–Trinajstić information content (AvgIpc) is 2.39. The van der Waals surface area contributed by atoms with E-state index in [0.29, 0.717) is 11.8 Å². The van der Waals surface area contributed by atoms with E-state index in [2.05, 4.69) is 0 Å². The Morgan fingerprint density at radius 3 is 2.12 bits per heavy atom. The Morgan fingerprint density at radius 1 is 1.06 bits per heavy atom. The first-order valence-electron chi connectivity index (χ1n) is 6.35. The zero-order chi connectivity index (χ0) is 11.8. The normalized spacial score (nSPS) is 33.6. The van der Waals surface area contributed by atoms with Gasteiger partial charge in [0.15, 0.2) is 0 Å². The zero-order valence-corrected chi connectivity index (χ0v) is 10.5. The molecule has 2 rings (SSSR count). The minimum Gasteiger partial charge on any atom is -0.430 e. The third-order valence-corrected chi connectivity index (χ3v) is 3.61. The molecule has 92 valence electrons. The summed E-state index contributed by atoms with van der Waals surface area (Å²) in [5.41, 5.74) is -0.454. The van der Waals surface area contributed by atoms with Crippen molar-refractivity contribution in [1.82, 2.24) is 0 Å². The quantitative estimate of drug-likeness (QED) is 0.642. The van der Waals surface area contributed by atoms with Crippen molar-refractivity contribution in [1.29, 1.82) is 0 Å². The van der Waals surface area contributed by atoms with Crippen molar-refractivity contribution in [3.63, 3.8) is 0 Å². The Morgan fingerprint density at radius 2 is 1.62 bits per heavy atom. The molecule has 0 amide bonds. The highest BCUT2D eigenvalue weighted by atomic mass is 16.7. The summed E-state index contributed by atoms with van der Waals surface area (Å²) in [6.07, 6.45) is 5.80.